The van der Waals surface area contributed by atoms with Crippen LogP contribution in [0.25, 0.3) is 0 Å². The first-order valence-corrected chi connectivity index (χ1v) is 5.90. The first-order valence-electron chi connectivity index (χ1n) is 5.10. The maximum atomic E-state index is 12.9. The summed E-state index contributed by atoms with van der Waals surface area (Å²) in [7, 11) is 0. The van der Waals surface area contributed by atoms with E-state index in [4.69, 9.17) is 9.84 Å². The van der Waals surface area contributed by atoms with E-state index in [-0.39, 0.29) is 18.5 Å². The molecule has 2 rings (SSSR count). The number of rotatable bonds is 2. The van der Waals surface area contributed by atoms with E-state index in [1.165, 1.54) is 12.1 Å². The summed E-state index contributed by atoms with van der Waals surface area (Å²) in [5.74, 6) is -1.26. The first-order chi connectivity index (χ1) is 8.08. The van der Waals surface area contributed by atoms with Crippen molar-refractivity contribution in [3.8, 4) is 0 Å². The van der Waals surface area contributed by atoms with Gasteiger partial charge in [-0.2, -0.15) is 0 Å². The Bertz CT molecular complexity index is 433. The number of aliphatic carboxylic acids is 1. The van der Waals surface area contributed by atoms with Gasteiger partial charge in [-0.3, -0.25) is 10.1 Å². The Labute approximate surface area is 106 Å². The molecule has 0 saturated carbocycles. The molecule has 1 aliphatic rings. The van der Waals surface area contributed by atoms with Gasteiger partial charge in [-0.15, -0.1) is 0 Å². The zero-order valence-corrected chi connectivity index (χ0v) is 10.4. The highest BCUT2D eigenvalue weighted by molar-refractivity contribution is 9.10. The van der Waals surface area contributed by atoms with Crippen molar-refractivity contribution in [2.45, 2.75) is 12.1 Å². The minimum Gasteiger partial charge on any atom is -0.480 e. The summed E-state index contributed by atoms with van der Waals surface area (Å²) in [5.41, 5.74) is 0.808. The fourth-order valence-electron chi connectivity index (χ4n) is 1.70. The van der Waals surface area contributed by atoms with Crippen LogP contribution in [0.4, 0.5) is 4.39 Å². The van der Waals surface area contributed by atoms with Gasteiger partial charge >= 0.3 is 5.97 Å². The van der Waals surface area contributed by atoms with Crippen LogP contribution in [0.3, 0.4) is 0 Å². The van der Waals surface area contributed by atoms with Gasteiger partial charge < -0.3 is 9.84 Å². The average molecular weight is 304 g/mol. The molecular weight excluding hydrogens is 293 g/mol. The van der Waals surface area contributed by atoms with Crippen LogP contribution < -0.4 is 5.32 Å². The topological polar surface area (TPSA) is 58.6 Å². The third-order valence-corrected chi connectivity index (χ3v) is 3.31. The van der Waals surface area contributed by atoms with Crippen molar-refractivity contribution < 1.29 is 19.0 Å². The van der Waals surface area contributed by atoms with Crippen LogP contribution in [-0.2, 0) is 9.53 Å². The monoisotopic (exact) mass is 303 g/mol. The van der Waals surface area contributed by atoms with E-state index in [2.05, 4.69) is 21.2 Å². The summed E-state index contributed by atoms with van der Waals surface area (Å²) in [6, 6.07) is 3.67. The van der Waals surface area contributed by atoms with E-state index < -0.39 is 12.0 Å². The number of hydrogen-bond acceptors (Lipinski definition) is 3. The van der Waals surface area contributed by atoms with Crippen molar-refractivity contribution >= 4 is 21.9 Å². The molecule has 92 valence electrons. The Hall–Kier alpha value is -0.980. The molecule has 4 nitrogen and oxygen atoms in total. The van der Waals surface area contributed by atoms with E-state index in [1.807, 2.05) is 0 Å². The second kappa shape index (κ2) is 5.12. The van der Waals surface area contributed by atoms with E-state index in [9.17, 15) is 9.18 Å². The summed E-state index contributed by atoms with van der Waals surface area (Å²) in [6.07, 6.45) is -0.263. The van der Waals surface area contributed by atoms with Crippen molar-refractivity contribution in [1.29, 1.82) is 0 Å². The Morgan fingerprint density at radius 3 is 2.88 bits per heavy atom. The predicted molar refractivity (Wildman–Crippen MR) is 62.2 cm³/mol. The lowest BCUT2D eigenvalue weighted by molar-refractivity contribution is -0.144. The van der Waals surface area contributed by atoms with E-state index >= 15 is 0 Å². The van der Waals surface area contributed by atoms with Crippen LogP contribution in [0, 0.1) is 5.82 Å². The Kier molecular flexibility index (Phi) is 3.76. The molecule has 1 fully saturated rings. The quantitative estimate of drug-likeness (QED) is 0.873. The van der Waals surface area contributed by atoms with Gasteiger partial charge in [0, 0.05) is 11.0 Å². The molecule has 1 saturated heterocycles. The number of halogens is 2. The van der Waals surface area contributed by atoms with Gasteiger partial charge in [-0.25, -0.2) is 4.39 Å². The number of carboxylic acid groups (broad SMARTS) is 1. The number of morpholine rings is 1. The maximum Gasteiger partial charge on any atom is 0.323 e. The molecule has 2 N–H and O–H groups in total. The lowest BCUT2D eigenvalue weighted by Gasteiger charge is -2.28. The van der Waals surface area contributed by atoms with Crippen molar-refractivity contribution in [3.63, 3.8) is 0 Å². The van der Waals surface area contributed by atoms with Crippen molar-refractivity contribution in [2.75, 3.05) is 13.2 Å². The Morgan fingerprint density at radius 1 is 1.59 bits per heavy atom. The van der Waals surface area contributed by atoms with E-state index in [0.29, 0.717) is 11.0 Å². The predicted octanol–water partition coefficient (Wildman–Crippen LogP) is 1.70. The molecule has 1 heterocycles. The largest absolute Gasteiger partial charge is 0.480 e. The average Bonchev–Trinajstić information content (AvgIpc) is 2.29. The molecule has 2 atom stereocenters. The molecule has 0 aliphatic carbocycles. The normalized spacial score (nSPS) is 24.6. The molecule has 1 aromatic carbocycles. The fraction of sp³-hybridized carbons (Fsp3) is 0.364. The zero-order chi connectivity index (χ0) is 12.4. The number of ether oxygens (including phenoxy) is 1. The second-order valence-electron chi connectivity index (χ2n) is 3.79. The van der Waals surface area contributed by atoms with Crippen molar-refractivity contribution in [2.24, 2.45) is 0 Å². The number of carbonyl (C=O) groups is 1. The van der Waals surface area contributed by atoms with Gasteiger partial charge in [0.25, 0.3) is 0 Å². The molecule has 2 unspecified atom stereocenters. The number of hydrogen-bond donors (Lipinski definition) is 2. The van der Waals surface area contributed by atoms with Crippen LogP contribution >= 0.6 is 15.9 Å². The standard InChI is InChI=1S/C11H11BrFNO3/c12-8-3-6(13)1-2-7(8)10-4-14-9(5-17-10)11(15)16/h1-3,9-10,14H,4-5H2,(H,15,16). The molecule has 1 aromatic rings. The molecule has 0 radical (unpaired) electrons. The van der Waals surface area contributed by atoms with Gasteiger partial charge in [-0.05, 0) is 17.7 Å². The summed E-state index contributed by atoms with van der Waals surface area (Å²) in [4.78, 5) is 10.7. The molecule has 0 bridgehead atoms. The third-order valence-electron chi connectivity index (χ3n) is 2.62. The summed E-state index contributed by atoms with van der Waals surface area (Å²) < 4.78 is 19.0. The highest BCUT2D eigenvalue weighted by Crippen LogP contribution is 2.28. The van der Waals surface area contributed by atoms with E-state index in [0.717, 1.165) is 5.56 Å². The van der Waals surface area contributed by atoms with Crippen LogP contribution in [0.15, 0.2) is 22.7 Å². The van der Waals surface area contributed by atoms with Crippen LogP contribution in [-0.4, -0.2) is 30.3 Å². The molecule has 0 aromatic heterocycles. The van der Waals surface area contributed by atoms with E-state index in [1.54, 1.807) is 6.07 Å². The Balaban J connectivity index is 2.08. The van der Waals surface area contributed by atoms with Crippen molar-refractivity contribution in [3.05, 3.63) is 34.1 Å². The first kappa shape index (κ1) is 12.5. The molecule has 1 aliphatic heterocycles. The summed E-state index contributed by atoms with van der Waals surface area (Å²) in [6.45, 7) is 0.491. The van der Waals surface area contributed by atoms with Gasteiger partial charge in [0.15, 0.2) is 0 Å². The van der Waals surface area contributed by atoms with Gasteiger partial charge in [0.1, 0.15) is 11.9 Å². The molecule has 17 heavy (non-hydrogen) atoms. The zero-order valence-electron chi connectivity index (χ0n) is 8.82. The smallest absolute Gasteiger partial charge is 0.323 e. The molecular formula is C11H11BrFNO3. The minimum absolute atomic E-state index is 0.101. The summed E-state index contributed by atoms with van der Waals surface area (Å²) in [5, 5.41) is 11.7. The summed E-state index contributed by atoms with van der Waals surface area (Å²) >= 11 is 3.26. The van der Waals surface area contributed by atoms with Gasteiger partial charge in [-0.1, -0.05) is 22.0 Å². The van der Waals surface area contributed by atoms with Crippen molar-refractivity contribution in [1.82, 2.24) is 5.32 Å². The van der Waals surface area contributed by atoms with Crippen LogP contribution in [0.1, 0.15) is 11.7 Å². The van der Waals surface area contributed by atoms with Gasteiger partial charge in [0.05, 0.1) is 12.7 Å². The Morgan fingerprint density at radius 2 is 2.35 bits per heavy atom. The molecule has 0 amide bonds. The number of carboxylic acids is 1. The highest BCUT2D eigenvalue weighted by Gasteiger charge is 2.27. The third kappa shape index (κ3) is 2.83. The van der Waals surface area contributed by atoms with Gasteiger partial charge in [0.2, 0.25) is 0 Å². The fourth-order valence-corrected chi connectivity index (χ4v) is 2.31. The maximum absolute atomic E-state index is 12.9. The minimum atomic E-state index is -0.929. The van der Waals surface area contributed by atoms with Crippen LogP contribution in [0.2, 0.25) is 0 Å². The second-order valence-corrected chi connectivity index (χ2v) is 4.64. The lowest BCUT2D eigenvalue weighted by Crippen LogP contribution is -2.47. The SMILES string of the molecule is O=C(O)C1COC(c2ccc(F)cc2Br)CN1. The molecule has 6 heteroatoms. The lowest BCUT2D eigenvalue weighted by atomic mass is 10.1. The molecule has 0 spiro atoms. The number of nitrogens with one attached hydrogen (secondary N) is 1. The van der Waals surface area contributed by atoms with Crippen LogP contribution in [0.5, 0.6) is 0 Å². The number of benzene rings is 1. The highest BCUT2D eigenvalue weighted by atomic mass is 79.9.